The summed E-state index contributed by atoms with van der Waals surface area (Å²) in [5.74, 6) is 0.558. The van der Waals surface area contributed by atoms with Crippen LogP contribution in [-0.2, 0) is 11.3 Å². The molecular formula is C19H33NO. The van der Waals surface area contributed by atoms with E-state index in [1.54, 1.807) is 0 Å². The molecule has 0 aliphatic rings. The molecule has 0 aromatic heterocycles. The van der Waals surface area contributed by atoms with Gasteiger partial charge in [-0.25, -0.2) is 0 Å². The van der Waals surface area contributed by atoms with Gasteiger partial charge in [0.2, 0.25) is 0 Å². The number of nitrogens with one attached hydrogen (secondary N) is 1. The Hall–Kier alpha value is -0.860. The number of unbranched alkanes of at least 4 members (excludes halogenated alkanes) is 3. The Morgan fingerprint density at radius 2 is 1.76 bits per heavy atom. The Kier molecular flexibility index (Phi) is 9.36. The van der Waals surface area contributed by atoms with Gasteiger partial charge in [-0.05, 0) is 37.4 Å². The van der Waals surface area contributed by atoms with E-state index in [9.17, 15) is 0 Å². The molecule has 0 bridgehead atoms. The number of hydrogen-bond acceptors (Lipinski definition) is 2. The van der Waals surface area contributed by atoms with E-state index in [0.717, 1.165) is 13.2 Å². The van der Waals surface area contributed by atoms with Gasteiger partial charge in [-0.15, -0.1) is 0 Å². The highest BCUT2D eigenvalue weighted by atomic mass is 16.5. The van der Waals surface area contributed by atoms with Crippen LogP contribution < -0.4 is 5.32 Å². The van der Waals surface area contributed by atoms with Gasteiger partial charge in [-0.2, -0.15) is 0 Å². The highest BCUT2D eigenvalue weighted by Gasteiger charge is 2.05. The van der Waals surface area contributed by atoms with Crippen LogP contribution in [-0.4, -0.2) is 19.7 Å². The number of benzene rings is 1. The zero-order valence-electron chi connectivity index (χ0n) is 14.3. The third kappa shape index (κ3) is 7.63. The summed E-state index contributed by atoms with van der Waals surface area (Å²) in [7, 11) is 2.00. The van der Waals surface area contributed by atoms with Crippen LogP contribution in [0, 0.1) is 0 Å². The van der Waals surface area contributed by atoms with Gasteiger partial charge < -0.3 is 10.1 Å². The first-order valence-corrected chi connectivity index (χ1v) is 8.52. The first-order chi connectivity index (χ1) is 10.2. The maximum absolute atomic E-state index is 5.94. The summed E-state index contributed by atoms with van der Waals surface area (Å²) < 4.78 is 5.94. The van der Waals surface area contributed by atoms with E-state index < -0.39 is 0 Å². The lowest BCUT2D eigenvalue weighted by Crippen LogP contribution is -2.14. The average molecular weight is 291 g/mol. The number of rotatable bonds is 11. The van der Waals surface area contributed by atoms with Crippen LogP contribution in [0.3, 0.4) is 0 Å². The fraction of sp³-hybridized carbons (Fsp3) is 0.684. The van der Waals surface area contributed by atoms with E-state index in [0.29, 0.717) is 12.0 Å². The molecule has 0 aliphatic heterocycles. The molecule has 2 nitrogen and oxygen atoms in total. The van der Waals surface area contributed by atoms with Crippen LogP contribution in [0.4, 0.5) is 0 Å². The molecule has 120 valence electrons. The fourth-order valence-corrected chi connectivity index (χ4v) is 2.55. The lowest BCUT2D eigenvalue weighted by atomic mass is 10.00. The molecule has 2 heteroatoms. The highest BCUT2D eigenvalue weighted by Crippen LogP contribution is 2.16. The smallest absolute Gasteiger partial charge is 0.0720 e. The Balaban J connectivity index is 2.28. The monoisotopic (exact) mass is 291 g/mol. The Morgan fingerprint density at radius 1 is 1.05 bits per heavy atom. The zero-order chi connectivity index (χ0) is 15.5. The first kappa shape index (κ1) is 18.2. The summed E-state index contributed by atoms with van der Waals surface area (Å²) >= 11 is 0. The summed E-state index contributed by atoms with van der Waals surface area (Å²) in [6.07, 6.45) is 6.81. The van der Waals surface area contributed by atoms with Crippen molar-refractivity contribution in [1.82, 2.24) is 5.32 Å². The van der Waals surface area contributed by atoms with Crippen molar-refractivity contribution in [2.24, 2.45) is 0 Å². The van der Waals surface area contributed by atoms with Crippen molar-refractivity contribution in [2.45, 2.75) is 71.5 Å². The van der Waals surface area contributed by atoms with Crippen LogP contribution in [0.1, 0.15) is 69.9 Å². The predicted molar refractivity (Wildman–Crippen MR) is 91.8 cm³/mol. The number of hydrogen-bond donors (Lipinski definition) is 1. The van der Waals surface area contributed by atoms with Gasteiger partial charge in [-0.1, -0.05) is 63.8 Å². The van der Waals surface area contributed by atoms with Crippen LogP contribution in [0.15, 0.2) is 24.3 Å². The van der Waals surface area contributed by atoms with Crippen molar-refractivity contribution in [2.75, 3.05) is 13.6 Å². The normalized spacial score (nSPS) is 14.1. The molecule has 2 atom stereocenters. The molecule has 0 aliphatic carbocycles. The SMILES string of the molecule is CCCCCCC(C)OCc1ccc(C(C)CNC)cc1. The van der Waals surface area contributed by atoms with Crippen LogP contribution in [0.2, 0.25) is 0 Å². The highest BCUT2D eigenvalue weighted by molar-refractivity contribution is 5.24. The summed E-state index contributed by atoms with van der Waals surface area (Å²) in [6.45, 7) is 8.44. The van der Waals surface area contributed by atoms with E-state index in [-0.39, 0.29) is 0 Å². The molecular weight excluding hydrogens is 258 g/mol. The average Bonchev–Trinajstić information content (AvgIpc) is 2.50. The molecule has 21 heavy (non-hydrogen) atoms. The third-order valence-corrected chi connectivity index (χ3v) is 4.06. The van der Waals surface area contributed by atoms with Gasteiger partial charge in [0, 0.05) is 6.54 Å². The maximum Gasteiger partial charge on any atom is 0.0720 e. The summed E-state index contributed by atoms with van der Waals surface area (Å²) in [4.78, 5) is 0. The molecule has 1 aromatic carbocycles. The maximum atomic E-state index is 5.94. The van der Waals surface area contributed by atoms with E-state index in [1.165, 1.54) is 43.2 Å². The van der Waals surface area contributed by atoms with Crippen molar-refractivity contribution in [1.29, 1.82) is 0 Å². The van der Waals surface area contributed by atoms with Crippen molar-refractivity contribution in [3.63, 3.8) is 0 Å². The fourth-order valence-electron chi connectivity index (χ4n) is 2.55. The minimum absolute atomic E-state index is 0.366. The second-order valence-corrected chi connectivity index (χ2v) is 6.17. The van der Waals surface area contributed by atoms with Gasteiger partial charge in [0.1, 0.15) is 0 Å². The molecule has 0 radical (unpaired) electrons. The summed E-state index contributed by atoms with van der Waals surface area (Å²) in [5.41, 5.74) is 2.66. The van der Waals surface area contributed by atoms with Gasteiger partial charge >= 0.3 is 0 Å². The molecule has 1 rings (SSSR count). The molecule has 0 fully saturated rings. The molecule has 2 unspecified atom stereocenters. The minimum atomic E-state index is 0.366. The van der Waals surface area contributed by atoms with Crippen molar-refractivity contribution in [3.05, 3.63) is 35.4 Å². The van der Waals surface area contributed by atoms with E-state index in [2.05, 4.69) is 50.4 Å². The summed E-state index contributed by atoms with van der Waals surface area (Å²) in [5, 5.41) is 3.22. The largest absolute Gasteiger partial charge is 0.374 e. The molecule has 0 saturated carbocycles. The molecule has 0 spiro atoms. The second-order valence-electron chi connectivity index (χ2n) is 6.17. The van der Waals surface area contributed by atoms with E-state index >= 15 is 0 Å². The molecule has 0 saturated heterocycles. The van der Waals surface area contributed by atoms with Crippen molar-refractivity contribution >= 4 is 0 Å². The standard InChI is InChI=1S/C19H33NO/c1-5-6-7-8-9-17(3)21-15-18-10-12-19(13-11-18)16(2)14-20-4/h10-13,16-17,20H,5-9,14-15H2,1-4H3. The second kappa shape index (κ2) is 10.8. The van der Waals surface area contributed by atoms with Gasteiger partial charge in [0.15, 0.2) is 0 Å². The Bertz CT molecular complexity index is 360. The Morgan fingerprint density at radius 3 is 2.38 bits per heavy atom. The van der Waals surface area contributed by atoms with Crippen LogP contribution in [0.25, 0.3) is 0 Å². The minimum Gasteiger partial charge on any atom is -0.374 e. The summed E-state index contributed by atoms with van der Waals surface area (Å²) in [6, 6.07) is 8.86. The predicted octanol–water partition coefficient (Wildman–Crippen LogP) is 4.89. The zero-order valence-corrected chi connectivity index (χ0v) is 14.3. The van der Waals surface area contributed by atoms with Crippen molar-refractivity contribution in [3.8, 4) is 0 Å². The molecule has 1 N–H and O–H groups in total. The molecule has 0 heterocycles. The lowest BCUT2D eigenvalue weighted by Gasteiger charge is -2.14. The first-order valence-electron chi connectivity index (χ1n) is 8.52. The third-order valence-electron chi connectivity index (χ3n) is 4.06. The van der Waals surface area contributed by atoms with Crippen molar-refractivity contribution < 1.29 is 4.74 Å². The topological polar surface area (TPSA) is 21.3 Å². The number of likely N-dealkylation sites (N-methyl/N-ethyl adjacent to an activating group) is 1. The molecule has 1 aromatic rings. The molecule has 0 amide bonds. The van der Waals surface area contributed by atoms with Gasteiger partial charge in [0.25, 0.3) is 0 Å². The number of ether oxygens (including phenoxy) is 1. The van der Waals surface area contributed by atoms with Crippen LogP contribution >= 0.6 is 0 Å². The van der Waals surface area contributed by atoms with Crippen LogP contribution in [0.5, 0.6) is 0 Å². The van der Waals surface area contributed by atoms with E-state index in [1.807, 2.05) is 7.05 Å². The Labute approximate surface area is 131 Å². The van der Waals surface area contributed by atoms with E-state index in [4.69, 9.17) is 4.74 Å². The quantitative estimate of drug-likeness (QED) is 0.586. The van der Waals surface area contributed by atoms with Gasteiger partial charge in [-0.3, -0.25) is 0 Å². The van der Waals surface area contributed by atoms with Gasteiger partial charge in [0.05, 0.1) is 12.7 Å². The lowest BCUT2D eigenvalue weighted by molar-refractivity contribution is 0.0459.